The summed E-state index contributed by atoms with van der Waals surface area (Å²) < 4.78 is 13.5. The summed E-state index contributed by atoms with van der Waals surface area (Å²) in [7, 11) is 0. The lowest BCUT2D eigenvalue weighted by Crippen LogP contribution is -2.26. The first kappa shape index (κ1) is 12.7. The maximum absolute atomic E-state index is 13.5. The second kappa shape index (κ2) is 4.64. The average Bonchev–Trinajstić information content (AvgIpc) is 2.21. The number of benzene rings is 1. The van der Waals surface area contributed by atoms with E-state index in [0.29, 0.717) is 5.56 Å². The highest BCUT2D eigenvalue weighted by Crippen LogP contribution is 2.24. The molecular formula is C13H17FO2. The van der Waals surface area contributed by atoms with Crippen LogP contribution in [0.2, 0.25) is 0 Å². The Morgan fingerprint density at radius 2 is 2.06 bits per heavy atom. The zero-order valence-corrected chi connectivity index (χ0v) is 9.88. The van der Waals surface area contributed by atoms with Gasteiger partial charge in [-0.15, -0.1) is 0 Å². The number of carboxylic acid groups (broad SMARTS) is 1. The quantitative estimate of drug-likeness (QED) is 0.853. The van der Waals surface area contributed by atoms with Crippen molar-refractivity contribution in [1.29, 1.82) is 0 Å². The van der Waals surface area contributed by atoms with Crippen LogP contribution in [-0.2, 0) is 17.6 Å². The van der Waals surface area contributed by atoms with Crippen molar-refractivity contribution in [1.82, 2.24) is 0 Å². The third-order valence-electron chi connectivity index (χ3n) is 2.73. The van der Waals surface area contributed by atoms with E-state index in [0.717, 1.165) is 12.0 Å². The highest BCUT2D eigenvalue weighted by atomic mass is 19.1. The van der Waals surface area contributed by atoms with Crippen LogP contribution in [-0.4, -0.2) is 11.1 Å². The Labute approximate surface area is 95.1 Å². The van der Waals surface area contributed by atoms with Gasteiger partial charge >= 0.3 is 5.97 Å². The fourth-order valence-corrected chi connectivity index (χ4v) is 1.54. The standard InChI is InChI=1S/C13H17FO2/c1-4-9-5-6-11(14)10(7-9)8-13(2,3)12(15)16/h5-7H,4,8H2,1-3H3,(H,15,16). The first-order valence-corrected chi connectivity index (χ1v) is 5.37. The van der Waals surface area contributed by atoms with E-state index in [1.807, 2.05) is 6.92 Å². The van der Waals surface area contributed by atoms with Crippen LogP contribution >= 0.6 is 0 Å². The number of aliphatic carboxylic acids is 1. The molecule has 0 fully saturated rings. The Bertz CT molecular complexity index is 397. The maximum Gasteiger partial charge on any atom is 0.309 e. The van der Waals surface area contributed by atoms with E-state index in [2.05, 4.69) is 0 Å². The van der Waals surface area contributed by atoms with Crippen molar-refractivity contribution in [3.63, 3.8) is 0 Å². The molecule has 88 valence electrons. The van der Waals surface area contributed by atoms with Gasteiger partial charge in [-0.1, -0.05) is 19.1 Å². The maximum atomic E-state index is 13.5. The van der Waals surface area contributed by atoms with E-state index < -0.39 is 11.4 Å². The van der Waals surface area contributed by atoms with E-state index in [-0.39, 0.29) is 12.2 Å². The summed E-state index contributed by atoms with van der Waals surface area (Å²) in [5.41, 5.74) is 0.567. The van der Waals surface area contributed by atoms with Gasteiger partial charge in [-0.2, -0.15) is 0 Å². The SMILES string of the molecule is CCc1ccc(F)c(CC(C)(C)C(=O)O)c1. The van der Waals surface area contributed by atoms with Gasteiger partial charge in [0.2, 0.25) is 0 Å². The summed E-state index contributed by atoms with van der Waals surface area (Å²) in [6, 6.07) is 4.89. The minimum atomic E-state index is -0.937. The van der Waals surface area contributed by atoms with Crippen LogP contribution < -0.4 is 0 Å². The van der Waals surface area contributed by atoms with Crippen molar-refractivity contribution < 1.29 is 14.3 Å². The van der Waals surface area contributed by atoms with Gasteiger partial charge in [-0.25, -0.2) is 4.39 Å². The van der Waals surface area contributed by atoms with Crippen molar-refractivity contribution in [3.05, 3.63) is 35.1 Å². The molecule has 16 heavy (non-hydrogen) atoms. The Morgan fingerprint density at radius 3 is 2.56 bits per heavy atom. The molecule has 0 heterocycles. The van der Waals surface area contributed by atoms with E-state index in [1.54, 1.807) is 26.0 Å². The summed E-state index contributed by atoms with van der Waals surface area (Å²) in [6.07, 6.45) is 1.03. The Kier molecular flexibility index (Phi) is 3.68. The summed E-state index contributed by atoms with van der Waals surface area (Å²) >= 11 is 0. The predicted octanol–water partition coefficient (Wildman–Crippen LogP) is 3.04. The summed E-state index contributed by atoms with van der Waals surface area (Å²) in [6.45, 7) is 5.19. The molecule has 1 rings (SSSR count). The van der Waals surface area contributed by atoms with Gasteiger partial charge in [0.15, 0.2) is 0 Å². The second-order valence-corrected chi connectivity index (χ2v) is 4.65. The molecule has 0 aliphatic rings. The second-order valence-electron chi connectivity index (χ2n) is 4.65. The number of halogens is 1. The smallest absolute Gasteiger partial charge is 0.309 e. The third kappa shape index (κ3) is 2.81. The molecule has 2 nitrogen and oxygen atoms in total. The first-order valence-electron chi connectivity index (χ1n) is 5.37. The van der Waals surface area contributed by atoms with Gasteiger partial charge in [-0.05, 0) is 43.9 Å². The van der Waals surface area contributed by atoms with E-state index in [1.165, 1.54) is 6.07 Å². The molecule has 1 aromatic rings. The van der Waals surface area contributed by atoms with E-state index >= 15 is 0 Å². The molecule has 0 unspecified atom stereocenters. The fraction of sp³-hybridized carbons (Fsp3) is 0.462. The molecule has 0 spiro atoms. The number of hydrogen-bond donors (Lipinski definition) is 1. The molecule has 1 aromatic carbocycles. The minimum Gasteiger partial charge on any atom is -0.481 e. The highest BCUT2D eigenvalue weighted by molar-refractivity contribution is 5.74. The van der Waals surface area contributed by atoms with Crippen LogP contribution in [0.25, 0.3) is 0 Å². The summed E-state index contributed by atoms with van der Waals surface area (Å²) in [5, 5.41) is 9.00. The van der Waals surface area contributed by atoms with Gasteiger partial charge in [0.05, 0.1) is 5.41 Å². The van der Waals surface area contributed by atoms with Crippen molar-refractivity contribution >= 4 is 5.97 Å². The molecule has 1 N–H and O–H groups in total. The van der Waals surface area contributed by atoms with Crippen LogP contribution in [0.4, 0.5) is 4.39 Å². The molecule has 0 radical (unpaired) electrons. The molecule has 0 bridgehead atoms. The largest absolute Gasteiger partial charge is 0.481 e. The van der Waals surface area contributed by atoms with Crippen LogP contribution in [0.15, 0.2) is 18.2 Å². The van der Waals surface area contributed by atoms with Crippen molar-refractivity contribution in [2.75, 3.05) is 0 Å². The summed E-state index contributed by atoms with van der Waals surface area (Å²) in [5.74, 6) is -1.24. The molecule has 0 amide bonds. The number of carboxylic acids is 1. The van der Waals surface area contributed by atoms with Gasteiger partial charge < -0.3 is 5.11 Å². The van der Waals surface area contributed by atoms with Crippen molar-refractivity contribution in [2.24, 2.45) is 5.41 Å². The van der Waals surface area contributed by atoms with Gasteiger partial charge in [-0.3, -0.25) is 4.79 Å². The normalized spacial score (nSPS) is 11.5. The molecule has 3 heteroatoms. The number of aryl methyl sites for hydroxylation is 1. The lowest BCUT2D eigenvalue weighted by Gasteiger charge is -2.19. The fourth-order valence-electron chi connectivity index (χ4n) is 1.54. The number of carbonyl (C=O) groups is 1. The molecule has 0 atom stereocenters. The zero-order chi connectivity index (χ0) is 12.3. The Hall–Kier alpha value is -1.38. The van der Waals surface area contributed by atoms with Crippen molar-refractivity contribution in [2.45, 2.75) is 33.6 Å². The molecule has 0 saturated carbocycles. The van der Waals surface area contributed by atoms with Crippen LogP contribution in [0.5, 0.6) is 0 Å². The monoisotopic (exact) mass is 224 g/mol. The van der Waals surface area contributed by atoms with Gasteiger partial charge in [0.1, 0.15) is 5.82 Å². The van der Waals surface area contributed by atoms with Gasteiger partial charge in [0.25, 0.3) is 0 Å². The Balaban J connectivity index is 3.00. The lowest BCUT2D eigenvalue weighted by molar-refractivity contribution is -0.146. The molecule has 0 aliphatic carbocycles. The van der Waals surface area contributed by atoms with Crippen LogP contribution in [0, 0.1) is 11.2 Å². The molecule has 0 aliphatic heterocycles. The molecule has 0 aromatic heterocycles. The van der Waals surface area contributed by atoms with Crippen molar-refractivity contribution in [3.8, 4) is 0 Å². The van der Waals surface area contributed by atoms with Gasteiger partial charge in [0, 0.05) is 0 Å². The zero-order valence-electron chi connectivity index (χ0n) is 9.88. The van der Waals surface area contributed by atoms with Crippen LogP contribution in [0.1, 0.15) is 31.9 Å². The minimum absolute atomic E-state index is 0.210. The number of rotatable bonds is 4. The van der Waals surface area contributed by atoms with E-state index in [4.69, 9.17) is 5.11 Å². The first-order chi connectivity index (χ1) is 7.36. The lowest BCUT2D eigenvalue weighted by atomic mass is 9.85. The highest BCUT2D eigenvalue weighted by Gasteiger charge is 2.28. The average molecular weight is 224 g/mol. The summed E-state index contributed by atoms with van der Waals surface area (Å²) in [4.78, 5) is 11.0. The Morgan fingerprint density at radius 1 is 1.44 bits per heavy atom. The predicted molar refractivity (Wildman–Crippen MR) is 60.9 cm³/mol. The topological polar surface area (TPSA) is 37.3 Å². The molecular weight excluding hydrogens is 207 g/mol. The van der Waals surface area contributed by atoms with E-state index in [9.17, 15) is 9.18 Å². The number of hydrogen-bond acceptors (Lipinski definition) is 1. The third-order valence-corrected chi connectivity index (χ3v) is 2.73. The van der Waals surface area contributed by atoms with Crippen LogP contribution in [0.3, 0.4) is 0 Å². The molecule has 0 saturated heterocycles.